The lowest BCUT2D eigenvalue weighted by atomic mass is 10.2. The summed E-state index contributed by atoms with van der Waals surface area (Å²) >= 11 is 0. The molecule has 1 saturated heterocycles. The van der Waals surface area contributed by atoms with Gasteiger partial charge in [-0.2, -0.15) is 13.2 Å². The Labute approximate surface area is 143 Å². The molecule has 0 aliphatic carbocycles. The topological polar surface area (TPSA) is 58.0 Å². The molecule has 0 unspecified atom stereocenters. The Bertz CT molecular complexity index is 696. The van der Waals surface area contributed by atoms with Crippen molar-refractivity contribution < 1.29 is 13.2 Å². The predicted molar refractivity (Wildman–Crippen MR) is 87.5 cm³/mol. The number of rotatable bonds is 4. The van der Waals surface area contributed by atoms with E-state index in [1.165, 1.54) is 0 Å². The zero-order valence-corrected chi connectivity index (χ0v) is 13.9. The number of piperazine rings is 1. The maximum atomic E-state index is 12.8. The zero-order valence-electron chi connectivity index (χ0n) is 13.9. The molecule has 0 atom stereocenters. The van der Waals surface area contributed by atoms with Crippen LogP contribution in [0, 0.1) is 0 Å². The fourth-order valence-electron chi connectivity index (χ4n) is 2.69. The molecule has 0 amide bonds. The quantitative estimate of drug-likeness (QED) is 0.843. The molecule has 0 aromatic carbocycles. The summed E-state index contributed by atoms with van der Waals surface area (Å²) in [4.78, 5) is 20.1. The van der Waals surface area contributed by atoms with Crippen LogP contribution in [0.15, 0.2) is 24.7 Å². The van der Waals surface area contributed by atoms with E-state index in [9.17, 15) is 13.2 Å². The first-order chi connectivity index (χ1) is 12.0. The van der Waals surface area contributed by atoms with Gasteiger partial charge in [-0.15, -0.1) is 0 Å². The van der Waals surface area contributed by atoms with Crippen LogP contribution in [0.2, 0.25) is 0 Å². The number of nitrogens with zero attached hydrogens (tertiary/aromatic N) is 6. The van der Waals surface area contributed by atoms with E-state index in [1.807, 2.05) is 17.3 Å². The van der Waals surface area contributed by atoms with Gasteiger partial charge in [-0.1, -0.05) is 13.3 Å². The van der Waals surface area contributed by atoms with Crippen LogP contribution in [0.1, 0.15) is 24.6 Å². The second-order valence-electron chi connectivity index (χ2n) is 5.86. The minimum absolute atomic E-state index is 0.105. The molecular weight excluding hydrogens is 333 g/mol. The van der Waals surface area contributed by atoms with Crippen LogP contribution in [0.3, 0.4) is 0 Å². The number of halogens is 3. The van der Waals surface area contributed by atoms with Gasteiger partial charge in [-0.05, 0) is 18.1 Å². The Morgan fingerprint density at radius 2 is 1.56 bits per heavy atom. The highest BCUT2D eigenvalue weighted by atomic mass is 19.4. The highest BCUT2D eigenvalue weighted by molar-refractivity contribution is 5.38. The van der Waals surface area contributed by atoms with E-state index in [4.69, 9.17) is 0 Å². The van der Waals surface area contributed by atoms with E-state index in [0.29, 0.717) is 32.1 Å². The van der Waals surface area contributed by atoms with Crippen molar-refractivity contribution in [1.29, 1.82) is 0 Å². The van der Waals surface area contributed by atoms with Crippen molar-refractivity contribution in [1.82, 2.24) is 19.9 Å². The van der Waals surface area contributed by atoms with Gasteiger partial charge in [0.2, 0.25) is 11.9 Å². The van der Waals surface area contributed by atoms with E-state index in [2.05, 4.69) is 26.9 Å². The Morgan fingerprint density at radius 3 is 2.12 bits per heavy atom. The normalized spacial score (nSPS) is 15.5. The van der Waals surface area contributed by atoms with E-state index in [-0.39, 0.29) is 5.95 Å². The van der Waals surface area contributed by atoms with Crippen LogP contribution in [-0.4, -0.2) is 46.1 Å². The molecule has 3 rings (SSSR count). The van der Waals surface area contributed by atoms with Crippen LogP contribution in [-0.2, 0) is 12.6 Å². The van der Waals surface area contributed by atoms with E-state index >= 15 is 0 Å². The molecule has 2 aromatic rings. The molecule has 0 spiro atoms. The Morgan fingerprint density at radius 1 is 0.960 bits per heavy atom. The maximum absolute atomic E-state index is 12.8. The van der Waals surface area contributed by atoms with Crippen molar-refractivity contribution in [3.63, 3.8) is 0 Å². The monoisotopic (exact) mass is 352 g/mol. The molecule has 1 aliphatic heterocycles. The molecule has 0 radical (unpaired) electrons. The number of hydrogen-bond acceptors (Lipinski definition) is 6. The van der Waals surface area contributed by atoms with E-state index in [0.717, 1.165) is 30.7 Å². The minimum Gasteiger partial charge on any atom is -0.337 e. The van der Waals surface area contributed by atoms with Crippen molar-refractivity contribution in [2.24, 2.45) is 0 Å². The third-order valence-electron chi connectivity index (χ3n) is 4.01. The van der Waals surface area contributed by atoms with Gasteiger partial charge in [-0.25, -0.2) is 19.9 Å². The molecule has 6 nitrogen and oxygen atoms in total. The molecule has 1 aliphatic rings. The third kappa shape index (κ3) is 4.15. The van der Waals surface area contributed by atoms with Crippen molar-refractivity contribution in [3.8, 4) is 0 Å². The average Bonchev–Trinajstić information content (AvgIpc) is 2.62. The van der Waals surface area contributed by atoms with Crippen molar-refractivity contribution in [3.05, 3.63) is 35.9 Å². The van der Waals surface area contributed by atoms with E-state index < -0.39 is 11.9 Å². The highest BCUT2D eigenvalue weighted by Crippen LogP contribution is 2.28. The summed E-state index contributed by atoms with van der Waals surface area (Å²) in [6.45, 7) is 4.34. The summed E-state index contributed by atoms with van der Waals surface area (Å²) in [5.74, 6) is 0.748. The molecule has 9 heteroatoms. The van der Waals surface area contributed by atoms with Crippen LogP contribution in [0.25, 0.3) is 0 Å². The summed E-state index contributed by atoms with van der Waals surface area (Å²) in [6, 6.07) is 0.880. The van der Waals surface area contributed by atoms with Crippen LogP contribution < -0.4 is 9.80 Å². The van der Waals surface area contributed by atoms with Crippen LogP contribution >= 0.6 is 0 Å². The number of alkyl halides is 3. The van der Waals surface area contributed by atoms with Crippen LogP contribution in [0.4, 0.5) is 25.1 Å². The largest absolute Gasteiger partial charge is 0.433 e. The third-order valence-corrected chi connectivity index (χ3v) is 4.01. The van der Waals surface area contributed by atoms with Crippen LogP contribution in [0.5, 0.6) is 0 Å². The lowest BCUT2D eigenvalue weighted by molar-refractivity contribution is -0.141. The maximum Gasteiger partial charge on any atom is 0.433 e. The number of aromatic nitrogens is 4. The Hall–Kier alpha value is -2.45. The molecule has 0 N–H and O–H groups in total. The molecule has 134 valence electrons. The molecular formula is C16H19F3N6. The van der Waals surface area contributed by atoms with Gasteiger partial charge in [0.25, 0.3) is 0 Å². The van der Waals surface area contributed by atoms with Gasteiger partial charge in [0.15, 0.2) is 0 Å². The lowest BCUT2D eigenvalue weighted by Gasteiger charge is -2.34. The predicted octanol–water partition coefficient (Wildman–Crippen LogP) is 2.56. The van der Waals surface area contributed by atoms with Crippen molar-refractivity contribution in [2.75, 3.05) is 36.0 Å². The molecule has 25 heavy (non-hydrogen) atoms. The van der Waals surface area contributed by atoms with Crippen molar-refractivity contribution >= 4 is 11.9 Å². The molecule has 0 bridgehead atoms. The molecule has 1 fully saturated rings. The summed E-state index contributed by atoms with van der Waals surface area (Å²) in [5, 5.41) is 0. The zero-order chi connectivity index (χ0) is 17.9. The first-order valence-corrected chi connectivity index (χ1v) is 8.18. The highest BCUT2D eigenvalue weighted by Gasteiger charge is 2.33. The first-order valence-electron chi connectivity index (χ1n) is 8.18. The average molecular weight is 352 g/mol. The summed E-state index contributed by atoms with van der Waals surface area (Å²) in [7, 11) is 0. The standard InChI is InChI=1S/C16H19F3N6/c1-2-3-12-10-21-14(22-11-12)24-6-8-25(9-7-24)15-20-5-4-13(23-15)16(17,18)19/h4-5,10-11H,2-3,6-9H2,1H3. The van der Waals surface area contributed by atoms with Gasteiger partial charge >= 0.3 is 6.18 Å². The number of aryl methyl sites for hydroxylation is 1. The fraction of sp³-hybridized carbons (Fsp3) is 0.500. The van der Waals surface area contributed by atoms with Gasteiger partial charge < -0.3 is 9.80 Å². The van der Waals surface area contributed by atoms with Crippen molar-refractivity contribution in [2.45, 2.75) is 25.9 Å². The van der Waals surface area contributed by atoms with Gasteiger partial charge in [0.1, 0.15) is 5.69 Å². The summed E-state index contributed by atoms with van der Waals surface area (Å²) in [6.07, 6.45) is 2.32. The molecule has 0 saturated carbocycles. The molecule has 2 aromatic heterocycles. The SMILES string of the molecule is CCCc1cnc(N2CCN(c3nccc(C(F)(F)F)n3)CC2)nc1. The second-order valence-corrected chi connectivity index (χ2v) is 5.86. The minimum atomic E-state index is -4.46. The summed E-state index contributed by atoms with van der Waals surface area (Å²) in [5.41, 5.74) is 0.178. The molecule has 3 heterocycles. The van der Waals surface area contributed by atoms with Gasteiger partial charge in [-0.3, -0.25) is 0 Å². The van der Waals surface area contributed by atoms with E-state index in [1.54, 1.807) is 4.90 Å². The van der Waals surface area contributed by atoms with Gasteiger partial charge in [0, 0.05) is 44.8 Å². The Balaban J connectivity index is 1.64. The smallest absolute Gasteiger partial charge is 0.337 e. The summed E-state index contributed by atoms with van der Waals surface area (Å²) < 4.78 is 38.3. The Kier molecular flexibility index (Phi) is 5.00. The van der Waals surface area contributed by atoms with Gasteiger partial charge in [0.05, 0.1) is 0 Å². The second kappa shape index (κ2) is 7.20. The fourth-order valence-corrected chi connectivity index (χ4v) is 2.69. The number of hydrogen-bond donors (Lipinski definition) is 0. The lowest BCUT2D eigenvalue weighted by Crippen LogP contribution is -2.47. The first kappa shape index (κ1) is 17.4. The number of anilines is 2.